The number of hydrogen-bond donors (Lipinski definition) is 2. The van der Waals surface area contributed by atoms with Gasteiger partial charge in [0.25, 0.3) is 5.91 Å². The molecule has 0 radical (unpaired) electrons. The van der Waals surface area contributed by atoms with Gasteiger partial charge in [-0.1, -0.05) is 20.8 Å². The lowest BCUT2D eigenvalue weighted by molar-refractivity contribution is -0.142. The van der Waals surface area contributed by atoms with Crippen molar-refractivity contribution in [3.8, 4) is 0 Å². The summed E-state index contributed by atoms with van der Waals surface area (Å²) in [6, 6.07) is -0.880. The summed E-state index contributed by atoms with van der Waals surface area (Å²) >= 11 is 1.62. The zero-order chi connectivity index (χ0) is 14.9. The van der Waals surface area contributed by atoms with Gasteiger partial charge >= 0.3 is 5.97 Å². The zero-order valence-corrected chi connectivity index (χ0v) is 13.0. The fraction of sp³-hybridized carbons (Fsp3) is 0.600. The molecule has 5 heteroatoms. The SMILES string of the molecule is CC(C)(C)[C@H](NC(=O)c1csc2c1CCCC2)C(=O)O. The summed E-state index contributed by atoms with van der Waals surface area (Å²) in [5.74, 6) is -1.25. The van der Waals surface area contributed by atoms with Crippen LogP contribution in [-0.4, -0.2) is 23.0 Å². The van der Waals surface area contributed by atoms with Crippen LogP contribution >= 0.6 is 11.3 Å². The summed E-state index contributed by atoms with van der Waals surface area (Å²) in [6.45, 7) is 5.44. The predicted molar refractivity (Wildman–Crippen MR) is 79.3 cm³/mol. The maximum atomic E-state index is 12.4. The van der Waals surface area contributed by atoms with Crippen LogP contribution in [0.25, 0.3) is 0 Å². The van der Waals surface area contributed by atoms with Crippen molar-refractivity contribution < 1.29 is 14.7 Å². The maximum Gasteiger partial charge on any atom is 0.326 e. The van der Waals surface area contributed by atoms with E-state index in [1.54, 1.807) is 11.3 Å². The predicted octanol–water partition coefficient (Wildman–Crippen LogP) is 2.86. The van der Waals surface area contributed by atoms with Gasteiger partial charge in [0, 0.05) is 10.3 Å². The number of aryl methyl sites for hydroxylation is 1. The number of carbonyl (C=O) groups excluding carboxylic acids is 1. The summed E-state index contributed by atoms with van der Waals surface area (Å²) in [4.78, 5) is 25.0. The van der Waals surface area contributed by atoms with Gasteiger partial charge in [0.1, 0.15) is 6.04 Å². The molecule has 0 aliphatic heterocycles. The number of hydrogen-bond acceptors (Lipinski definition) is 3. The monoisotopic (exact) mass is 295 g/mol. The molecule has 0 spiro atoms. The van der Waals surface area contributed by atoms with Crippen LogP contribution in [0.5, 0.6) is 0 Å². The van der Waals surface area contributed by atoms with E-state index in [-0.39, 0.29) is 5.91 Å². The van der Waals surface area contributed by atoms with Crippen LogP contribution in [0.15, 0.2) is 5.38 Å². The molecular weight excluding hydrogens is 274 g/mol. The Morgan fingerprint density at radius 3 is 2.55 bits per heavy atom. The minimum absolute atomic E-state index is 0.258. The number of amides is 1. The van der Waals surface area contributed by atoms with Crippen molar-refractivity contribution in [2.45, 2.75) is 52.5 Å². The first-order chi connectivity index (χ1) is 9.30. The van der Waals surface area contributed by atoms with Crippen molar-refractivity contribution >= 4 is 23.2 Å². The normalized spacial score (nSPS) is 16.4. The molecule has 0 saturated heterocycles. The van der Waals surface area contributed by atoms with E-state index >= 15 is 0 Å². The first-order valence-corrected chi connectivity index (χ1v) is 7.81. The topological polar surface area (TPSA) is 66.4 Å². The Hall–Kier alpha value is -1.36. The van der Waals surface area contributed by atoms with E-state index in [1.165, 1.54) is 11.3 Å². The summed E-state index contributed by atoms with van der Waals surface area (Å²) in [5.41, 5.74) is 1.27. The lowest BCUT2D eigenvalue weighted by Crippen LogP contribution is -2.49. The number of aliphatic carboxylic acids is 1. The molecule has 0 aromatic carbocycles. The summed E-state index contributed by atoms with van der Waals surface area (Å²) in [6.07, 6.45) is 4.24. The van der Waals surface area contributed by atoms with Gasteiger partial charge in [0.15, 0.2) is 0 Å². The van der Waals surface area contributed by atoms with Crippen molar-refractivity contribution in [2.24, 2.45) is 5.41 Å². The minimum Gasteiger partial charge on any atom is -0.480 e. The molecule has 1 aliphatic rings. The lowest BCUT2D eigenvalue weighted by atomic mass is 9.86. The summed E-state index contributed by atoms with van der Waals surface area (Å²) < 4.78 is 0. The third-order valence-corrected chi connectivity index (χ3v) is 4.78. The molecular formula is C15H21NO3S. The molecule has 0 unspecified atom stereocenters. The van der Waals surface area contributed by atoms with Gasteiger partial charge in [-0.25, -0.2) is 4.79 Å². The van der Waals surface area contributed by atoms with Gasteiger partial charge in [-0.05, 0) is 36.7 Å². The van der Waals surface area contributed by atoms with Gasteiger partial charge in [-0.15, -0.1) is 11.3 Å². The van der Waals surface area contributed by atoms with E-state index in [0.29, 0.717) is 5.56 Å². The highest BCUT2D eigenvalue weighted by Gasteiger charge is 2.33. The van der Waals surface area contributed by atoms with E-state index < -0.39 is 17.4 Å². The molecule has 1 aliphatic carbocycles. The number of carboxylic acid groups (broad SMARTS) is 1. The molecule has 1 atom stereocenters. The van der Waals surface area contributed by atoms with Gasteiger partial charge in [0.05, 0.1) is 5.56 Å². The molecule has 1 aromatic rings. The van der Waals surface area contributed by atoms with Gasteiger partial charge < -0.3 is 10.4 Å². The Labute approximate surface area is 123 Å². The Morgan fingerprint density at radius 1 is 1.30 bits per heavy atom. The van der Waals surface area contributed by atoms with Crippen LogP contribution in [-0.2, 0) is 17.6 Å². The quantitative estimate of drug-likeness (QED) is 0.901. The highest BCUT2D eigenvalue weighted by molar-refractivity contribution is 7.10. The smallest absolute Gasteiger partial charge is 0.326 e. The third-order valence-electron chi connectivity index (χ3n) is 3.69. The van der Waals surface area contributed by atoms with Crippen LogP contribution < -0.4 is 5.32 Å². The number of rotatable bonds is 3. The highest BCUT2D eigenvalue weighted by atomic mass is 32.1. The van der Waals surface area contributed by atoms with E-state index in [1.807, 2.05) is 26.2 Å². The van der Waals surface area contributed by atoms with E-state index in [4.69, 9.17) is 0 Å². The van der Waals surface area contributed by atoms with E-state index in [0.717, 1.165) is 24.8 Å². The van der Waals surface area contributed by atoms with Gasteiger partial charge in [0.2, 0.25) is 0 Å². The van der Waals surface area contributed by atoms with Crippen molar-refractivity contribution in [3.63, 3.8) is 0 Å². The molecule has 1 amide bonds. The average Bonchev–Trinajstić information content (AvgIpc) is 2.77. The Morgan fingerprint density at radius 2 is 1.95 bits per heavy atom. The number of nitrogens with one attached hydrogen (secondary N) is 1. The number of carboxylic acids is 1. The molecule has 2 rings (SSSR count). The zero-order valence-electron chi connectivity index (χ0n) is 12.2. The summed E-state index contributed by atoms with van der Waals surface area (Å²) in [7, 11) is 0. The molecule has 0 fully saturated rings. The Kier molecular flexibility index (Phi) is 4.18. The van der Waals surface area contributed by atoms with E-state index in [2.05, 4.69) is 5.32 Å². The Bertz CT molecular complexity index is 528. The molecule has 2 N–H and O–H groups in total. The number of thiophene rings is 1. The van der Waals surface area contributed by atoms with Crippen LogP contribution in [0.3, 0.4) is 0 Å². The molecule has 1 aromatic heterocycles. The molecule has 0 saturated carbocycles. The second kappa shape index (κ2) is 5.56. The second-order valence-corrected chi connectivity index (χ2v) is 7.33. The first kappa shape index (κ1) is 15.0. The van der Waals surface area contributed by atoms with Crippen molar-refractivity contribution in [2.75, 3.05) is 0 Å². The van der Waals surface area contributed by atoms with Crippen molar-refractivity contribution in [3.05, 3.63) is 21.4 Å². The van der Waals surface area contributed by atoms with Gasteiger partial charge in [-0.3, -0.25) is 4.79 Å². The van der Waals surface area contributed by atoms with Crippen molar-refractivity contribution in [1.29, 1.82) is 0 Å². The molecule has 4 nitrogen and oxygen atoms in total. The maximum absolute atomic E-state index is 12.4. The molecule has 0 bridgehead atoms. The highest BCUT2D eigenvalue weighted by Crippen LogP contribution is 2.30. The largest absolute Gasteiger partial charge is 0.480 e. The van der Waals surface area contributed by atoms with Crippen LogP contribution in [0.4, 0.5) is 0 Å². The molecule has 20 heavy (non-hydrogen) atoms. The standard InChI is InChI=1S/C15H21NO3S/c1-15(2,3)12(14(18)19)16-13(17)10-8-20-11-7-5-4-6-9(10)11/h8,12H,4-7H2,1-3H3,(H,16,17)(H,18,19)/t12-/m1/s1. The molecule has 1 heterocycles. The number of carbonyl (C=O) groups is 2. The molecule has 110 valence electrons. The number of fused-ring (bicyclic) bond motifs is 1. The fourth-order valence-corrected chi connectivity index (χ4v) is 3.67. The van der Waals surface area contributed by atoms with Gasteiger partial charge in [-0.2, -0.15) is 0 Å². The fourth-order valence-electron chi connectivity index (χ4n) is 2.54. The second-order valence-electron chi connectivity index (χ2n) is 6.37. The Balaban J connectivity index is 2.19. The summed E-state index contributed by atoms with van der Waals surface area (Å²) in [5, 5.41) is 13.8. The van der Waals surface area contributed by atoms with Crippen LogP contribution in [0.1, 0.15) is 54.4 Å². The minimum atomic E-state index is -0.991. The average molecular weight is 295 g/mol. The van der Waals surface area contributed by atoms with E-state index in [9.17, 15) is 14.7 Å². The third kappa shape index (κ3) is 3.03. The first-order valence-electron chi connectivity index (χ1n) is 6.93. The van der Waals surface area contributed by atoms with Crippen LogP contribution in [0.2, 0.25) is 0 Å². The lowest BCUT2D eigenvalue weighted by Gasteiger charge is -2.28. The van der Waals surface area contributed by atoms with Crippen molar-refractivity contribution in [1.82, 2.24) is 5.32 Å². The van der Waals surface area contributed by atoms with Crippen LogP contribution in [0, 0.1) is 5.41 Å².